The number of hydrazine groups is 1. The highest BCUT2D eigenvalue weighted by Crippen LogP contribution is 2.31. The topological polar surface area (TPSA) is 63.3 Å². The molecule has 0 spiro atoms. The van der Waals surface area contributed by atoms with Crippen molar-refractivity contribution in [2.24, 2.45) is 10.8 Å². The van der Waals surface area contributed by atoms with E-state index in [1.54, 1.807) is 0 Å². The number of nitrogens with one attached hydrogen (secondary N) is 1. The molecular weight excluding hydrogens is 380 g/mol. The van der Waals surface area contributed by atoms with Gasteiger partial charge in [0.05, 0.1) is 5.69 Å². The zero-order valence-electron chi connectivity index (χ0n) is 18.3. The minimum absolute atomic E-state index is 0.235. The molecular formula is C27H30N4. The van der Waals surface area contributed by atoms with Crippen molar-refractivity contribution in [3.63, 3.8) is 0 Å². The molecule has 0 bridgehead atoms. The van der Waals surface area contributed by atoms with Gasteiger partial charge < -0.3 is 5.43 Å². The molecule has 4 nitrogen and oxygen atoms in total. The number of hydrogen-bond donors (Lipinski definition) is 2. The summed E-state index contributed by atoms with van der Waals surface area (Å²) >= 11 is 0. The fourth-order valence-corrected chi connectivity index (χ4v) is 3.39. The molecule has 0 saturated carbocycles. The maximum atomic E-state index is 5.87. The Morgan fingerprint density at radius 3 is 2.58 bits per heavy atom. The summed E-state index contributed by atoms with van der Waals surface area (Å²) in [5.74, 6) is 6.51. The minimum atomic E-state index is -0.235. The number of aliphatic imine (C=N–C) groups is 1. The van der Waals surface area contributed by atoms with E-state index in [0.29, 0.717) is 5.84 Å². The Hall–Kier alpha value is -3.50. The number of nitrogens with zero attached hydrogens (tertiary/aromatic N) is 2. The van der Waals surface area contributed by atoms with Gasteiger partial charge in [0.1, 0.15) is 11.9 Å². The third-order valence-corrected chi connectivity index (χ3v) is 5.07. The van der Waals surface area contributed by atoms with Gasteiger partial charge in [-0.2, -0.15) is 0 Å². The first-order valence-electron chi connectivity index (χ1n) is 10.6. The van der Waals surface area contributed by atoms with Gasteiger partial charge in [-0.3, -0.25) is 9.98 Å². The van der Waals surface area contributed by atoms with Gasteiger partial charge in [-0.25, -0.2) is 5.84 Å². The molecule has 1 atom stereocenters. The molecule has 0 aliphatic heterocycles. The normalized spacial score (nSPS) is 13.0. The lowest BCUT2D eigenvalue weighted by molar-refractivity contribution is 0.835. The third-order valence-electron chi connectivity index (χ3n) is 5.07. The van der Waals surface area contributed by atoms with Crippen LogP contribution >= 0.6 is 0 Å². The second-order valence-electron chi connectivity index (χ2n) is 7.43. The van der Waals surface area contributed by atoms with Gasteiger partial charge >= 0.3 is 0 Å². The largest absolute Gasteiger partial charge is 0.308 e. The van der Waals surface area contributed by atoms with Gasteiger partial charge in [-0.05, 0) is 42.2 Å². The summed E-state index contributed by atoms with van der Waals surface area (Å²) in [7, 11) is 0. The molecule has 3 N–H and O–H groups in total. The number of benzene rings is 2. The van der Waals surface area contributed by atoms with Crippen molar-refractivity contribution in [3.05, 3.63) is 114 Å². The molecule has 0 radical (unpaired) electrons. The molecule has 1 heterocycles. The van der Waals surface area contributed by atoms with Gasteiger partial charge in [0.15, 0.2) is 0 Å². The Morgan fingerprint density at radius 1 is 1.13 bits per heavy atom. The summed E-state index contributed by atoms with van der Waals surface area (Å²) in [5.41, 5.74) is 8.97. The summed E-state index contributed by atoms with van der Waals surface area (Å²) in [4.78, 5) is 9.61. The molecule has 158 valence electrons. The molecule has 1 aromatic heterocycles. The van der Waals surface area contributed by atoms with E-state index < -0.39 is 0 Å². The molecule has 4 heteroatoms. The molecule has 31 heavy (non-hydrogen) atoms. The number of nitrogens with two attached hydrogens (primary N) is 1. The molecule has 0 fully saturated rings. The van der Waals surface area contributed by atoms with E-state index in [4.69, 9.17) is 10.8 Å². The Kier molecular flexibility index (Phi) is 7.91. The van der Waals surface area contributed by atoms with Crippen LogP contribution in [0.3, 0.4) is 0 Å². The highest BCUT2D eigenvalue weighted by Gasteiger charge is 2.17. The van der Waals surface area contributed by atoms with Crippen molar-refractivity contribution >= 4 is 5.84 Å². The second kappa shape index (κ2) is 11.0. The SMILES string of the molecule is C=C/C(=C\CCC)C(N=C(NN)c1ccccc1)c1cccc(-c2ccc(C)cn2)c1. The quantitative estimate of drug-likeness (QED) is 0.159. The number of unbranched alkanes of at least 4 members (excludes halogenated alkanes) is 1. The fourth-order valence-electron chi connectivity index (χ4n) is 3.39. The minimum Gasteiger partial charge on any atom is -0.308 e. The second-order valence-corrected chi connectivity index (χ2v) is 7.43. The summed E-state index contributed by atoms with van der Waals surface area (Å²) in [6.45, 7) is 8.26. The Labute approximate surface area is 185 Å². The van der Waals surface area contributed by atoms with Crippen molar-refractivity contribution in [2.45, 2.75) is 32.7 Å². The fraction of sp³-hybridized carbons (Fsp3) is 0.185. The maximum Gasteiger partial charge on any atom is 0.143 e. The van der Waals surface area contributed by atoms with Gasteiger partial charge in [0.2, 0.25) is 0 Å². The van der Waals surface area contributed by atoms with Crippen LogP contribution in [-0.2, 0) is 0 Å². The summed E-state index contributed by atoms with van der Waals surface area (Å²) in [5, 5.41) is 0. The van der Waals surface area contributed by atoms with E-state index in [-0.39, 0.29) is 6.04 Å². The van der Waals surface area contributed by atoms with Gasteiger partial charge in [-0.1, -0.05) is 86.7 Å². The molecule has 3 aromatic rings. The van der Waals surface area contributed by atoms with Crippen LogP contribution in [0.2, 0.25) is 0 Å². The third kappa shape index (κ3) is 5.77. The van der Waals surface area contributed by atoms with Crippen LogP contribution in [0.5, 0.6) is 0 Å². The summed E-state index contributed by atoms with van der Waals surface area (Å²) < 4.78 is 0. The first-order chi connectivity index (χ1) is 15.2. The molecule has 3 rings (SSSR count). The van der Waals surface area contributed by atoms with Crippen LogP contribution in [-0.4, -0.2) is 10.8 Å². The number of amidine groups is 1. The molecule has 0 aliphatic rings. The highest BCUT2D eigenvalue weighted by molar-refractivity contribution is 5.98. The Balaban J connectivity index is 2.10. The van der Waals surface area contributed by atoms with Crippen LogP contribution in [0.4, 0.5) is 0 Å². The van der Waals surface area contributed by atoms with Crippen molar-refractivity contribution < 1.29 is 0 Å². The zero-order chi connectivity index (χ0) is 22.1. The number of pyridine rings is 1. The van der Waals surface area contributed by atoms with E-state index in [1.165, 1.54) is 0 Å². The van der Waals surface area contributed by atoms with Crippen molar-refractivity contribution in [1.29, 1.82) is 0 Å². The van der Waals surface area contributed by atoms with Crippen molar-refractivity contribution in [2.75, 3.05) is 0 Å². The predicted molar refractivity (Wildman–Crippen MR) is 131 cm³/mol. The maximum absolute atomic E-state index is 5.87. The number of aryl methyl sites for hydroxylation is 1. The first-order valence-corrected chi connectivity index (χ1v) is 10.6. The standard InChI is InChI=1S/C27H30N4/c1-4-6-11-21(5-2)26(30-27(31-28)22-12-8-7-9-13-22)24-15-10-14-23(18-24)25-17-16-20(3)19-29-25/h5,7-19,26H,2,4,6,28H2,1,3H3,(H,30,31)/b21-11+. The number of hydrogen-bond acceptors (Lipinski definition) is 3. The summed E-state index contributed by atoms with van der Waals surface area (Å²) in [6.07, 6.45) is 8.00. The number of rotatable bonds is 8. The molecule has 1 unspecified atom stereocenters. The predicted octanol–water partition coefficient (Wildman–Crippen LogP) is 5.92. The lowest BCUT2D eigenvalue weighted by Gasteiger charge is -2.18. The van der Waals surface area contributed by atoms with Crippen LogP contribution < -0.4 is 11.3 Å². The molecule has 2 aromatic carbocycles. The van der Waals surface area contributed by atoms with Crippen molar-refractivity contribution in [1.82, 2.24) is 10.4 Å². The first kappa shape index (κ1) is 22.2. The lowest BCUT2D eigenvalue weighted by atomic mass is 9.95. The van der Waals surface area contributed by atoms with E-state index in [9.17, 15) is 0 Å². The molecule has 0 saturated heterocycles. The van der Waals surface area contributed by atoms with Crippen molar-refractivity contribution in [3.8, 4) is 11.3 Å². The lowest BCUT2D eigenvalue weighted by Crippen LogP contribution is -2.31. The summed E-state index contributed by atoms with van der Waals surface area (Å²) in [6, 6.07) is 22.2. The molecule has 0 amide bonds. The molecule has 0 aliphatic carbocycles. The smallest absolute Gasteiger partial charge is 0.143 e. The van der Waals surface area contributed by atoms with Crippen LogP contribution in [0.25, 0.3) is 11.3 Å². The monoisotopic (exact) mass is 410 g/mol. The number of allylic oxidation sites excluding steroid dienone is 1. The highest BCUT2D eigenvalue weighted by atomic mass is 15.3. The van der Waals surface area contributed by atoms with E-state index in [0.717, 1.165) is 46.4 Å². The van der Waals surface area contributed by atoms with E-state index in [2.05, 4.69) is 54.3 Å². The average molecular weight is 411 g/mol. The van der Waals surface area contributed by atoms with E-state index in [1.807, 2.05) is 61.7 Å². The Morgan fingerprint density at radius 2 is 1.94 bits per heavy atom. The van der Waals surface area contributed by atoms with Crippen LogP contribution in [0, 0.1) is 6.92 Å². The van der Waals surface area contributed by atoms with Gasteiger partial charge in [0, 0.05) is 17.3 Å². The Bertz CT molecular complexity index is 1050. The average Bonchev–Trinajstić information content (AvgIpc) is 2.82. The number of aromatic nitrogens is 1. The van der Waals surface area contributed by atoms with Crippen LogP contribution in [0.15, 0.2) is 102 Å². The van der Waals surface area contributed by atoms with Gasteiger partial charge in [0.25, 0.3) is 0 Å². The van der Waals surface area contributed by atoms with Gasteiger partial charge in [-0.15, -0.1) is 0 Å². The zero-order valence-corrected chi connectivity index (χ0v) is 18.3. The van der Waals surface area contributed by atoms with Crippen LogP contribution in [0.1, 0.15) is 42.5 Å². The van der Waals surface area contributed by atoms with E-state index >= 15 is 0 Å².